The number of hydrogen-bond acceptors (Lipinski definition) is 5. The van der Waals surface area contributed by atoms with E-state index in [1.807, 2.05) is 42.5 Å². The van der Waals surface area contributed by atoms with E-state index in [0.29, 0.717) is 0 Å². The molecule has 0 bridgehead atoms. The molecule has 10 nitrogen and oxygen atoms in total. The Morgan fingerprint density at radius 2 is 0.486 bits per heavy atom. The number of aromatic nitrogens is 5. The highest BCUT2D eigenvalue weighted by molar-refractivity contribution is 6.37. The number of furan rings is 5. The molecule has 0 saturated heterocycles. The second kappa shape index (κ2) is 26.5. The van der Waals surface area contributed by atoms with Crippen molar-refractivity contribution in [2.75, 3.05) is 0 Å². The van der Waals surface area contributed by atoms with Crippen LogP contribution < -0.4 is 0 Å². The lowest BCUT2D eigenvalue weighted by Gasteiger charge is -2.21. The van der Waals surface area contributed by atoms with Crippen LogP contribution in [-0.4, -0.2) is 22.2 Å². The zero-order valence-electron chi connectivity index (χ0n) is 77.3. The van der Waals surface area contributed by atoms with Crippen molar-refractivity contribution >= 4 is 284 Å². The van der Waals surface area contributed by atoms with Gasteiger partial charge in [-0.3, -0.25) is 0 Å². The third-order valence-electron chi connectivity index (χ3n) is 33.0. The molecule has 14 aromatic heterocycles. The Kier molecular flexibility index (Phi) is 14.1. The van der Waals surface area contributed by atoms with Gasteiger partial charge >= 0.3 is 0 Å². The van der Waals surface area contributed by atoms with Gasteiger partial charge in [-0.2, -0.15) is 0 Å². The first-order valence-corrected chi connectivity index (χ1v) is 49.2. The van der Waals surface area contributed by atoms with Gasteiger partial charge < -0.3 is 44.3 Å². The van der Waals surface area contributed by atoms with Crippen LogP contribution in [0.25, 0.3) is 312 Å². The lowest BCUT2D eigenvalue weighted by molar-refractivity contribution is 0.661. The Morgan fingerprint density at radius 3 is 0.986 bits per heavy atom. The number of benzene rings is 21. The molecule has 142 heavy (non-hydrogen) atoms. The smallest absolute Gasteiger partial charge is 0.137 e. The summed E-state index contributed by atoms with van der Waals surface area (Å²) in [5.74, 6) is 0. The maximum atomic E-state index is 6.32. The van der Waals surface area contributed by atoms with Crippen molar-refractivity contribution in [3.63, 3.8) is 0 Å². The molecule has 2 aliphatic rings. The van der Waals surface area contributed by atoms with Gasteiger partial charge in [0, 0.05) is 192 Å². The van der Waals surface area contributed by atoms with Crippen LogP contribution in [0.4, 0.5) is 0 Å². The van der Waals surface area contributed by atoms with Gasteiger partial charge in [-0.15, -0.1) is 0 Å². The molecule has 0 aliphatic heterocycles. The van der Waals surface area contributed by atoms with Crippen LogP contribution in [0.5, 0.6) is 0 Å². The van der Waals surface area contributed by atoms with E-state index in [4.69, 9.17) is 22.1 Å². The third kappa shape index (κ3) is 9.45. The molecule has 0 spiro atoms. The van der Waals surface area contributed by atoms with Crippen LogP contribution in [0, 0.1) is 0 Å². The van der Waals surface area contributed by atoms with E-state index in [-0.39, 0.29) is 10.8 Å². The van der Waals surface area contributed by atoms with Crippen LogP contribution in [0.2, 0.25) is 0 Å². The van der Waals surface area contributed by atoms with Gasteiger partial charge in [-0.05, 0) is 160 Å². The molecule has 14 heterocycles. The van der Waals surface area contributed by atoms with Gasteiger partial charge in [0.2, 0.25) is 0 Å². The van der Waals surface area contributed by atoms with E-state index in [1.54, 1.807) is 0 Å². The summed E-state index contributed by atoms with van der Waals surface area (Å²) in [6.45, 7) is 9.42. The Labute approximate surface area is 805 Å². The van der Waals surface area contributed by atoms with E-state index in [1.165, 1.54) is 267 Å². The summed E-state index contributed by atoms with van der Waals surface area (Å²) in [5.41, 5.74) is 39.1. The third-order valence-corrected chi connectivity index (χ3v) is 33.0. The van der Waals surface area contributed by atoms with Crippen molar-refractivity contribution in [3.8, 4) is 27.9 Å². The molecule has 0 fully saturated rings. The molecular formula is C132H77N5O5. The summed E-state index contributed by atoms with van der Waals surface area (Å²) < 4.78 is 43.6. The maximum absolute atomic E-state index is 6.32. The largest absolute Gasteiger partial charge is 0.456 e. The fourth-order valence-corrected chi connectivity index (χ4v) is 27.0. The molecule has 660 valence electrons. The number of nitrogens with zero attached hydrogens (tertiary/aromatic N) is 5. The first-order valence-electron chi connectivity index (χ1n) is 49.2. The lowest BCUT2D eigenvalue weighted by Crippen LogP contribution is -2.14. The molecule has 21 aromatic carbocycles. The second-order valence-corrected chi connectivity index (χ2v) is 40.6. The highest BCUT2D eigenvalue weighted by atomic mass is 16.3. The van der Waals surface area contributed by atoms with Crippen LogP contribution in [0.1, 0.15) is 49.9 Å². The zero-order valence-corrected chi connectivity index (χ0v) is 77.3. The molecule has 10 heteroatoms. The molecule has 35 aromatic rings. The van der Waals surface area contributed by atoms with Gasteiger partial charge in [0.1, 0.15) is 55.8 Å². The molecular weight excluding hydrogens is 1740 g/mol. The van der Waals surface area contributed by atoms with Crippen molar-refractivity contribution in [2.24, 2.45) is 0 Å². The normalized spacial score (nSPS) is 13.7. The van der Waals surface area contributed by atoms with Gasteiger partial charge in [0.15, 0.2) is 0 Å². The fraction of sp³-hybridized carbons (Fsp3) is 0.0455. The van der Waals surface area contributed by atoms with Crippen LogP contribution in [0.15, 0.2) is 416 Å². The number of fused-ring (bicyclic) bond motifs is 51. The minimum Gasteiger partial charge on any atom is -0.456 e. The Morgan fingerprint density at radius 1 is 0.162 bits per heavy atom. The molecule has 0 radical (unpaired) electrons. The van der Waals surface area contributed by atoms with Gasteiger partial charge in [0.25, 0.3) is 0 Å². The molecule has 0 saturated carbocycles. The number of para-hydroxylation sites is 11. The molecule has 0 atom stereocenters. The highest BCUT2D eigenvalue weighted by Crippen LogP contribution is 2.58. The summed E-state index contributed by atoms with van der Waals surface area (Å²) in [5, 5.41) is 35.1. The van der Waals surface area contributed by atoms with E-state index in [9.17, 15) is 0 Å². The predicted molar refractivity (Wildman–Crippen MR) is 590 cm³/mol. The molecule has 37 rings (SSSR count). The van der Waals surface area contributed by atoms with E-state index in [0.717, 1.165) is 66.6 Å². The standard InChI is InChI=1S/C36H20N2O.2C33H21NO.C30H15NO2/c1-2-9-21(10-3-1)37-28-15-6-4-12-24(28)34-29(37)17-18-30-35(34)25-14-8-13-23-26-19-27-22-11-5-7-16-32(22)39-33(27)20-31(26)38(30)36(23)25;1-33(2)24-12-5-3-9-20(24)30-25(33)14-15-26-31(30)21-11-7-10-19-22-16-23-18-8-4-6-13-28(18)35-29(23)17-27(22)34(26)32(19)21;1-33(2)26-12-5-3-8-18(26)22-14-23-20-10-7-11-21-24-15-25-19-9-4-6-13-30(19)35-31(25)17-29(24)34(32(20)21)28(23)16-27(22)33;1-3-10-24-16(6-1)21-14-20-17-8-5-9-19-28-22(31(30(17)19)23(20)15-27(21)33-24)12-13-26-29(28)18-7-2-4-11-25(18)32-26/h1-20H;2*3-17H,1-2H3;1-15H. The van der Waals surface area contributed by atoms with E-state index >= 15 is 0 Å². The molecule has 0 amide bonds. The Hall–Kier alpha value is -18.4. The lowest BCUT2D eigenvalue weighted by atomic mass is 9.82. The average molecular weight is 1810 g/mol. The van der Waals surface area contributed by atoms with Crippen molar-refractivity contribution in [3.05, 3.63) is 417 Å². The van der Waals surface area contributed by atoms with Crippen molar-refractivity contribution in [2.45, 2.75) is 38.5 Å². The summed E-state index contributed by atoms with van der Waals surface area (Å²) in [6.07, 6.45) is 0. The Bertz CT molecular complexity index is 11900. The molecule has 0 N–H and O–H groups in total. The van der Waals surface area contributed by atoms with Crippen molar-refractivity contribution < 1.29 is 22.1 Å². The first-order chi connectivity index (χ1) is 70.0. The van der Waals surface area contributed by atoms with Crippen molar-refractivity contribution in [1.29, 1.82) is 0 Å². The minimum absolute atomic E-state index is 0.00534. The summed E-state index contributed by atoms with van der Waals surface area (Å²) in [6, 6.07) is 143. The van der Waals surface area contributed by atoms with Gasteiger partial charge in [-0.25, -0.2) is 0 Å². The van der Waals surface area contributed by atoms with E-state index in [2.05, 4.69) is 402 Å². The summed E-state index contributed by atoms with van der Waals surface area (Å²) in [7, 11) is 0. The van der Waals surface area contributed by atoms with Crippen LogP contribution in [-0.2, 0) is 10.8 Å². The SMILES string of the molecule is CC1(C)c2ccccc2-c2c1ccc1c2c2cccc3c4cc5c(cc4n1c32)oc1ccccc15.CC1(C)c2ccccc2-c2cc3c4cccc5c6cc7c(cc6n(c3cc21)c45)oc1ccccc17.c1ccc(-n2c3ccccc3c3c4c5cccc6c7cc8c(cc7n(c4ccc32)c65)oc2ccccc28)cc1.c1ccc2c(c1)oc1cc3c(cc12)c1cccc2c4c5c(ccc4n3c12)oc1ccccc15. The quantitative estimate of drug-likeness (QED) is 0.163. The van der Waals surface area contributed by atoms with Gasteiger partial charge in [-0.1, -0.05) is 282 Å². The molecule has 2 aliphatic carbocycles. The summed E-state index contributed by atoms with van der Waals surface area (Å²) >= 11 is 0. The second-order valence-electron chi connectivity index (χ2n) is 40.6. The van der Waals surface area contributed by atoms with Crippen LogP contribution in [0.3, 0.4) is 0 Å². The highest BCUT2D eigenvalue weighted by Gasteiger charge is 2.40. The number of hydrogen-bond donors (Lipinski definition) is 0. The topological polar surface area (TPSA) is 88.3 Å². The Balaban J connectivity index is 0.0000000823. The first kappa shape index (κ1) is 75.8. The summed E-state index contributed by atoms with van der Waals surface area (Å²) in [4.78, 5) is 0. The predicted octanol–water partition coefficient (Wildman–Crippen LogP) is 36.6. The average Bonchev–Trinajstić information content (AvgIpc) is 1.53. The van der Waals surface area contributed by atoms with Gasteiger partial charge in [0.05, 0.1) is 77.2 Å². The monoisotopic (exact) mass is 1810 g/mol. The zero-order chi connectivity index (χ0) is 92.6. The maximum Gasteiger partial charge on any atom is 0.137 e. The molecule has 0 unspecified atom stereocenters. The fourth-order valence-electron chi connectivity index (χ4n) is 27.0. The van der Waals surface area contributed by atoms with E-state index < -0.39 is 0 Å². The van der Waals surface area contributed by atoms with Crippen molar-refractivity contribution in [1.82, 2.24) is 22.2 Å². The van der Waals surface area contributed by atoms with Crippen LogP contribution >= 0.6 is 0 Å². The number of rotatable bonds is 1. The minimum atomic E-state index is -0.0240.